The summed E-state index contributed by atoms with van der Waals surface area (Å²) in [5, 5.41) is 6.92. The van der Waals surface area contributed by atoms with Crippen molar-refractivity contribution < 1.29 is 4.79 Å². The second-order valence-corrected chi connectivity index (χ2v) is 5.47. The van der Waals surface area contributed by atoms with E-state index in [1.165, 1.54) is 0 Å². The van der Waals surface area contributed by atoms with E-state index in [2.05, 4.69) is 36.3 Å². The number of aryl methyl sites for hydroxylation is 1. The Balaban J connectivity index is 2.12. The van der Waals surface area contributed by atoms with Crippen LogP contribution in [0.3, 0.4) is 0 Å². The van der Waals surface area contributed by atoms with Gasteiger partial charge in [-0.15, -0.1) is 0 Å². The predicted molar refractivity (Wildman–Crippen MR) is 79.7 cm³/mol. The van der Waals surface area contributed by atoms with E-state index in [9.17, 15) is 4.79 Å². The first kappa shape index (κ1) is 14.6. The fourth-order valence-corrected chi connectivity index (χ4v) is 2.10. The molecule has 7 heteroatoms. The molecule has 0 aliphatic carbocycles. The molecule has 0 aliphatic rings. The summed E-state index contributed by atoms with van der Waals surface area (Å²) in [6.07, 6.45) is 4.98. The molecule has 2 aromatic heterocycles. The molecule has 0 aliphatic heterocycles. The van der Waals surface area contributed by atoms with Gasteiger partial charge in [0.2, 0.25) is 0 Å². The quantitative estimate of drug-likeness (QED) is 0.930. The molecule has 1 N–H and O–H groups in total. The topological polar surface area (TPSA) is 72.7 Å². The second-order valence-electron chi connectivity index (χ2n) is 4.62. The lowest BCUT2D eigenvalue weighted by molar-refractivity contribution is 0.102. The summed E-state index contributed by atoms with van der Waals surface area (Å²) in [6.45, 7) is 6.70. The molecule has 106 valence electrons. The summed E-state index contributed by atoms with van der Waals surface area (Å²) in [7, 11) is 0. The number of nitrogens with zero attached hydrogens (tertiary/aromatic N) is 4. The lowest BCUT2D eigenvalue weighted by Crippen LogP contribution is -2.14. The molecule has 2 heterocycles. The first-order valence-corrected chi connectivity index (χ1v) is 7.16. The molecular weight excluding hydrogens is 322 g/mol. The van der Waals surface area contributed by atoms with Gasteiger partial charge in [0, 0.05) is 18.7 Å². The van der Waals surface area contributed by atoms with E-state index in [0.717, 1.165) is 5.82 Å². The normalized spacial score (nSPS) is 10.8. The molecule has 0 aromatic carbocycles. The summed E-state index contributed by atoms with van der Waals surface area (Å²) in [5.74, 6) is 0.721. The highest BCUT2D eigenvalue weighted by molar-refractivity contribution is 9.10. The van der Waals surface area contributed by atoms with Crippen molar-refractivity contribution in [2.45, 2.75) is 33.2 Å². The van der Waals surface area contributed by atoms with E-state index in [4.69, 9.17) is 0 Å². The van der Waals surface area contributed by atoms with Crippen molar-refractivity contribution in [2.75, 3.05) is 5.32 Å². The summed E-state index contributed by atoms with van der Waals surface area (Å²) < 4.78 is 2.36. The molecule has 1 amide bonds. The zero-order valence-electron chi connectivity index (χ0n) is 11.6. The fourth-order valence-electron chi connectivity index (χ4n) is 1.60. The number of amides is 1. The number of nitrogens with one attached hydrogen (secondary N) is 1. The molecule has 0 fully saturated rings. The van der Waals surface area contributed by atoms with Crippen LogP contribution in [-0.2, 0) is 6.54 Å². The number of hydrogen-bond donors (Lipinski definition) is 1. The molecule has 2 rings (SSSR count). The van der Waals surface area contributed by atoms with E-state index in [-0.39, 0.29) is 11.8 Å². The Morgan fingerprint density at radius 3 is 2.55 bits per heavy atom. The average Bonchev–Trinajstić information content (AvgIpc) is 2.80. The third kappa shape index (κ3) is 3.22. The van der Waals surface area contributed by atoms with Gasteiger partial charge < -0.3 is 5.32 Å². The highest BCUT2D eigenvalue weighted by atomic mass is 79.9. The van der Waals surface area contributed by atoms with Crippen LogP contribution in [0.5, 0.6) is 0 Å². The van der Waals surface area contributed by atoms with Crippen LogP contribution in [0.4, 0.5) is 5.69 Å². The van der Waals surface area contributed by atoms with Gasteiger partial charge in [0.15, 0.2) is 5.69 Å². The van der Waals surface area contributed by atoms with Gasteiger partial charge in [-0.05, 0) is 22.9 Å². The maximum Gasteiger partial charge on any atom is 0.277 e. The van der Waals surface area contributed by atoms with E-state index in [1.807, 2.05) is 20.8 Å². The number of carbonyl (C=O) groups excluding carboxylic acids is 1. The number of aromatic nitrogens is 4. The van der Waals surface area contributed by atoms with Crippen LogP contribution in [-0.4, -0.2) is 25.7 Å². The van der Waals surface area contributed by atoms with Gasteiger partial charge in [0.05, 0.1) is 22.6 Å². The van der Waals surface area contributed by atoms with E-state index >= 15 is 0 Å². The van der Waals surface area contributed by atoms with Crippen molar-refractivity contribution in [3.05, 3.63) is 34.6 Å². The SMILES string of the molecule is CCn1cc(Br)c(C(=O)Nc2cnc(C(C)C)nc2)n1. The molecule has 0 atom stereocenters. The maximum absolute atomic E-state index is 12.1. The zero-order valence-corrected chi connectivity index (χ0v) is 13.2. The van der Waals surface area contributed by atoms with Crippen molar-refractivity contribution >= 4 is 27.5 Å². The molecule has 0 saturated carbocycles. The maximum atomic E-state index is 12.1. The van der Waals surface area contributed by atoms with Crippen LogP contribution in [0.15, 0.2) is 23.1 Å². The number of hydrogen-bond acceptors (Lipinski definition) is 4. The van der Waals surface area contributed by atoms with Crippen molar-refractivity contribution in [1.82, 2.24) is 19.7 Å². The van der Waals surface area contributed by atoms with Crippen molar-refractivity contribution in [1.29, 1.82) is 0 Å². The monoisotopic (exact) mass is 337 g/mol. The average molecular weight is 338 g/mol. The largest absolute Gasteiger partial charge is 0.318 e. The van der Waals surface area contributed by atoms with Crippen LogP contribution < -0.4 is 5.32 Å². The van der Waals surface area contributed by atoms with Crippen molar-refractivity contribution in [2.24, 2.45) is 0 Å². The molecule has 0 saturated heterocycles. The highest BCUT2D eigenvalue weighted by Crippen LogP contribution is 2.17. The van der Waals surface area contributed by atoms with Gasteiger partial charge in [-0.2, -0.15) is 5.10 Å². The zero-order chi connectivity index (χ0) is 14.7. The molecule has 0 radical (unpaired) electrons. The molecule has 0 unspecified atom stereocenters. The predicted octanol–water partition coefficient (Wildman–Crippen LogP) is 2.83. The van der Waals surface area contributed by atoms with Gasteiger partial charge >= 0.3 is 0 Å². The third-order valence-electron chi connectivity index (χ3n) is 2.70. The lowest BCUT2D eigenvalue weighted by atomic mass is 10.2. The van der Waals surface area contributed by atoms with Crippen LogP contribution >= 0.6 is 15.9 Å². The molecule has 0 bridgehead atoms. The van der Waals surface area contributed by atoms with Gasteiger partial charge in [-0.3, -0.25) is 9.48 Å². The number of halogens is 1. The van der Waals surface area contributed by atoms with Gasteiger partial charge in [-0.1, -0.05) is 13.8 Å². The number of rotatable bonds is 4. The van der Waals surface area contributed by atoms with Crippen LogP contribution in [0.2, 0.25) is 0 Å². The highest BCUT2D eigenvalue weighted by Gasteiger charge is 2.15. The summed E-state index contributed by atoms with van der Waals surface area (Å²) in [4.78, 5) is 20.5. The molecule has 0 spiro atoms. The Morgan fingerprint density at radius 2 is 2.05 bits per heavy atom. The fraction of sp³-hybridized carbons (Fsp3) is 0.385. The summed E-state index contributed by atoms with van der Waals surface area (Å²) in [5.41, 5.74) is 0.900. The Hall–Kier alpha value is -1.76. The minimum absolute atomic E-state index is 0.258. The Kier molecular flexibility index (Phi) is 4.49. The molecule has 20 heavy (non-hydrogen) atoms. The molecule has 2 aromatic rings. The van der Waals surface area contributed by atoms with Gasteiger partial charge in [-0.25, -0.2) is 9.97 Å². The Bertz CT molecular complexity index is 606. The molecule has 6 nitrogen and oxygen atoms in total. The second kappa shape index (κ2) is 6.13. The van der Waals surface area contributed by atoms with Crippen molar-refractivity contribution in [3.8, 4) is 0 Å². The first-order valence-electron chi connectivity index (χ1n) is 6.37. The lowest BCUT2D eigenvalue weighted by Gasteiger charge is -2.05. The Labute approximate surface area is 125 Å². The Morgan fingerprint density at radius 1 is 1.40 bits per heavy atom. The first-order chi connectivity index (χ1) is 9.51. The molecular formula is C13H16BrN5O. The van der Waals surface area contributed by atoms with Crippen LogP contribution in [0.1, 0.15) is 43.0 Å². The minimum Gasteiger partial charge on any atom is -0.318 e. The van der Waals surface area contributed by atoms with E-state index in [0.29, 0.717) is 22.4 Å². The van der Waals surface area contributed by atoms with Gasteiger partial charge in [0.25, 0.3) is 5.91 Å². The standard InChI is InChI=1S/C13H16BrN5O/c1-4-19-7-10(14)11(18-19)13(20)17-9-5-15-12(8(2)3)16-6-9/h5-8H,4H2,1-3H3,(H,17,20). The third-order valence-corrected chi connectivity index (χ3v) is 3.28. The van der Waals surface area contributed by atoms with E-state index < -0.39 is 0 Å². The number of anilines is 1. The summed E-state index contributed by atoms with van der Waals surface area (Å²) >= 11 is 3.33. The smallest absolute Gasteiger partial charge is 0.277 e. The van der Waals surface area contributed by atoms with Gasteiger partial charge in [0.1, 0.15) is 5.82 Å². The van der Waals surface area contributed by atoms with Crippen molar-refractivity contribution in [3.63, 3.8) is 0 Å². The summed E-state index contributed by atoms with van der Waals surface area (Å²) in [6, 6.07) is 0. The number of carbonyl (C=O) groups is 1. The van der Waals surface area contributed by atoms with Crippen LogP contribution in [0, 0.1) is 0 Å². The minimum atomic E-state index is -0.287. The van der Waals surface area contributed by atoms with E-state index in [1.54, 1.807) is 23.3 Å². The van der Waals surface area contributed by atoms with Crippen LogP contribution in [0.25, 0.3) is 0 Å².